The minimum atomic E-state index is 0.909. The van der Waals surface area contributed by atoms with E-state index in [1.54, 1.807) is 0 Å². The van der Waals surface area contributed by atoms with Crippen LogP contribution in [0.15, 0.2) is 46.6 Å². The lowest BCUT2D eigenvalue weighted by atomic mass is 10.1. The summed E-state index contributed by atoms with van der Waals surface area (Å²) in [6.45, 7) is 8.29. The van der Waals surface area contributed by atoms with E-state index in [0.29, 0.717) is 0 Å². The highest BCUT2D eigenvalue weighted by atomic mass is 15.1. The molecule has 92 valence electrons. The van der Waals surface area contributed by atoms with E-state index in [9.17, 15) is 0 Å². The van der Waals surface area contributed by atoms with Gasteiger partial charge in [-0.3, -0.25) is 0 Å². The van der Waals surface area contributed by atoms with Gasteiger partial charge in [0.15, 0.2) is 0 Å². The summed E-state index contributed by atoms with van der Waals surface area (Å²) in [7, 11) is 0. The summed E-state index contributed by atoms with van der Waals surface area (Å²) in [5.74, 6) is 0. The average Bonchev–Trinajstić information content (AvgIpc) is 2.23. The first-order valence-corrected chi connectivity index (χ1v) is 6.11. The molecule has 0 aliphatic heterocycles. The Morgan fingerprint density at radius 2 is 0.778 bits per heavy atom. The Morgan fingerprint density at radius 1 is 0.500 bits per heavy atom. The molecule has 0 spiro atoms. The molecule has 0 saturated heterocycles. The molecule has 0 atom stereocenters. The van der Waals surface area contributed by atoms with Crippen LogP contribution in [0.2, 0.25) is 0 Å². The molecule has 2 rings (SSSR count). The highest BCUT2D eigenvalue weighted by Crippen LogP contribution is 2.22. The predicted molar refractivity (Wildman–Crippen MR) is 76.0 cm³/mol. The largest absolute Gasteiger partial charge is 0.151 e. The molecular weight excluding hydrogens is 220 g/mol. The van der Waals surface area contributed by atoms with Crippen molar-refractivity contribution >= 4 is 11.4 Å². The second-order valence-electron chi connectivity index (χ2n) is 4.89. The van der Waals surface area contributed by atoms with Crippen molar-refractivity contribution in [1.29, 1.82) is 0 Å². The lowest BCUT2D eigenvalue weighted by Gasteiger charge is -2.00. The van der Waals surface area contributed by atoms with Gasteiger partial charge in [0.05, 0.1) is 11.4 Å². The maximum atomic E-state index is 4.31. The number of azo groups is 1. The van der Waals surface area contributed by atoms with Crippen LogP contribution in [-0.4, -0.2) is 0 Å². The Balaban J connectivity index is 2.29. The van der Waals surface area contributed by atoms with Gasteiger partial charge in [-0.15, -0.1) is 0 Å². The Morgan fingerprint density at radius 3 is 1.06 bits per heavy atom. The van der Waals surface area contributed by atoms with E-state index < -0.39 is 0 Å². The van der Waals surface area contributed by atoms with Gasteiger partial charge in [-0.25, -0.2) is 0 Å². The van der Waals surface area contributed by atoms with Crippen LogP contribution in [0.5, 0.6) is 0 Å². The van der Waals surface area contributed by atoms with E-state index in [-0.39, 0.29) is 0 Å². The molecule has 0 amide bonds. The van der Waals surface area contributed by atoms with Gasteiger partial charge in [-0.05, 0) is 74.2 Å². The van der Waals surface area contributed by atoms with Crippen molar-refractivity contribution in [2.24, 2.45) is 10.2 Å². The number of hydrogen-bond acceptors (Lipinski definition) is 2. The molecule has 0 N–H and O–H groups in total. The van der Waals surface area contributed by atoms with Crippen LogP contribution >= 0.6 is 0 Å². The van der Waals surface area contributed by atoms with Gasteiger partial charge < -0.3 is 0 Å². The fourth-order valence-corrected chi connectivity index (χ4v) is 2.13. The van der Waals surface area contributed by atoms with E-state index in [2.05, 4.69) is 50.1 Å². The smallest absolute Gasteiger partial charge is 0.0862 e. The van der Waals surface area contributed by atoms with Crippen LogP contribution < -0.4 is 0 Å². The van der Waals surface area contributed by atoms with Crippen molar-refractivity contribution in [1.82, 2.24) is 0 Å². The molecule has 0 aromatic heterocycles. The Kier molecular flexibility index (Phi) is 3.56. The van der Waals surface area contributed by atoms with Crippen LogP contribution in [0.25, 0.3) is 0 Å². The summed E-state index contributed by atoms with van der Waals surface area (Å²) in [5.41, 5.74) is 6.67. The first-order chi connectivity index (χ1) is 8.52. The minimum Gasteiger partial charge on any atom is -0.151 e. The number of hydrogen-bond donors (Lipinski definition) is 0. The average molecular weight is 238 g/mol. The van der Waals surface area contributed by atoms with Gasteiger partial charge in [0.1, 0.15) is 0 Å². The van der Waals surface area contributed by atoms with E-state index >= 15 is 0 Å². The Labute approximate surface area is 108 Å². The topological polar surface area (TPSA) is 24.7 Å². The predicted octanol–water partition coefficient (Wildman–Crippen LogP) is 5.34. The van der Waals surface area contributed by atoms with Crippen LogP contribution in [0.1, 0.15) is 22.3 Å². The second-order valence-corrected chi connectivity index (χ2v) is 4.89. The quantitative estimate of drug-likeness (QED) is 0.631. The monoisotopic (exact) mass is 238 g/mol. The van der Waals surface area contributed by atoms with Crippen LogP contribution in [0, 0.1) is 27.7 Å². The highest BCUT2D eigenvalue weighted by molar-refractivity contribution is 5.46. The Bertz CT molecular complexity index is 504. The number of benzene rings is 2. The summed E-state index contributed by atoms with van der Waals surface area (Å²) in [6, 6.07) is 12.4. The molecule has 0 bridgehead atoms. The molecular formula is C16H18N2. The third kappa shape index (κ3) is 3.27. The first-order valence-electron chi connectivity index (χ1n) is 6.11. The molecule has 0 saturated carbocycles. The third-order valence-electron chi connectivity index (χ3n) is 2.69. The van der Waals surface area contributed by atoms with Crippen LogP contribution in [0.3, 0.4) is 0 Å². The molecule has 2 nitrogen and oxygen atoms in total. The fraction of sp³-hybridized carbons (Fsp3) is 0.250. The summed E-state index contributed by atoms with van der Waals surface area (Å²) in [5, 5.41) is 8.61. The standard InChI is InChI=1S/C16H18N2/c1-11-5-12(2)8-15(7-11)17-18-16-9-13(3)6-14(4)10-16/h5-10H,1-4H3. The van der Waals surface area contributed by atoms with Crippen molar-refractivity contribution in [2.45, 2.75) is 27.7 Å². The molecule has 0 unspecified atom stereocenters. The van der Waals surface area contributed by atoms with Crippen LogP contribution in [0.4, 0.5) is 11.4 Å². The lowest BCUT2D eigenvalue weighted by molar-refractivity contribution is 1.20. The maximum absolute atomic E-state index is 4.31. The zero-order valence-electron chi connectivity index (χ0n) is 11.4. The van der Waals surface area contributed by atoms with Crippen molar-refractivity contribution in [3.05, 3.63) is 58.7 Å². The number of rotatable bonds is 2. The van der Waals surface area contributed by atoms with E-state index in [4.69, 9.17) is 0 Å². The summed E-state index contributed by atoms with van der Waals surface area (Å²) in [4.78, 5) is 0. The number of aryl methyl sites for hydroxylation is 4. The van der Waals surface area contributed by atoms with E-state index in [1.807, 2.05) is 24.3 Å². The van der Waals surface area contributed by atoms with Gasteiger partial charge in [0.25, 0.3) is 0 Å². The zero-order valence-corrected chi connectivity index (χ0v) is 11.4. The van der Waals surface area contributed by atoms with Gasteiger partial charge in [0, 0.05) is 0 Å². The molecule has 0 radical (unpaired) electrons. The molecule has 2 aromatic carbocycles. The van der Waals surface area contributed by atoms with Gasteiger partial charge >= 0.3 is 0 Å². The normalized spacial score (nSPS) is 11.1. The summed E-state index contributed by atoms with van der Waals surface area (Å²) in [6.07, 6.45) is 0. The van der Waals surface area contributed by atoms with Crippen molar-refractivity contribution < 1.29 is 0 Å². The number of nitrogens with zero attached hydrogens (tertiary/aromatic N) is 2. The van der Waals surface area contributed by atoms with E-state index in [0.717, 1.165) is 11.4 Å². The zero-order chi connectivity index (χ0) is 13.1. The van der Waals surface area contributed by atoms with Gasteiger partial charge in [-0.2, -0.15) is 10.2 Å². The fourth-order valence-electron chi connectivity index (χ4n) is 2.13. The molecule has 0 aliphatic rings. The van der Waals surface area contributed by atoms with Crippen LogP contribution in [-0.2, 0) is 0 Å². The molecule has 0 heterocycles. The van der Waals surface area contributed by atoms with Crippen molar-refractivity contribution in [3.8, 4) is 0 Å². The molecule has 2 heteroatoms. The second kappa shape index (κ2) is 5.13. The van der Waals surface area contributed by atoms with E-state index in [1.165, 1.54) is 22.3 Å². The van der Waals surface area contributed by atoms with Gasteiger partial charge in [-0.1, -0.05) is 12.1 Å². The lowest BCUT2D eigenvalue weighted by Crippen LogP contribution is -1.77. The maximum Gasteiger partial charge on any atom is 0.0862 e. The summed E-state index contributed by atoms with van der Waals surface area (Å²) < 4.78 is 0. The molecule has 2 aromatic rings. The SMILES string of the molecule is Cc1cc(C)cc(N=Nc2cc(C)cc(C)c2)c1. The first kappa shape index (κ1) is 12.5. The Hall–Kier alpha value is -1.96. The highest BCUT2D eigenvalue weighted by Gasteiger charge is 1.96. The van der Waals surface area contributed by atoms with Gasteiger partial charge in [0.2, 0.25) is 0 Å². The molecule has 0 fully saturated rings. The van der Waals surface area contributed by atoms with Crippen molar-refractivity contribution in [2.75, 3.05) is 0 Å². The molecule has 18 heavy (non-hydrogen) atoms. The minimum absolute atomic E-state index is 0.909. The molecule has 0 aliphatic carbocycles. The summed E-state index contributed by atoms with van der Waals surface area (Å²) >= 11 is 0. The van der Waals surface area contributed by atoms with Crippen molar-refractivity contribution in [3.63, 3.8) is 0 Å². The third-order valence-corrected chi connectivity index (χ3v) is 2.69.